The molecule has 0 amide bonds. The number of nitrogens with zero attached hydrogens (tertiary/aromatic N) is 1. The molecule has 3 unspecified atom stereocenters. The largest absolute Gasteiger partial charge is 0.369 e. The molecule has 1 aliphatic rings. The first kappa shape index (κ1) is 17.2. The van der Waals surface area contributed by atoms with Gasteiger partial charge >= 0.3 is 0 Å². The van der Waals surface area contributed by atoms with Gasteiger partial charge in [0.25, 0.3) is 0 Å². The highest BCUT2D eigenvalue weighted by molar-refractivity contribution is 9.10. The number of benzene rings is 1. The molecule has 1 fully saturated rings. The van der Waals surface area contributed by atoms with E-state index in [1.54, 1.807) is 0 Å². The Balaban J connectivity index is 2.11. The lowest BCUT2D eigenvalue weighted by molar-refractivity contribution is 0.569. The molecule has 4 heteroatoms. The molecule has 21 heavy (non-hydrogen) atoms. The molecule has 0 saturated carbocycles. The second-order valence-corrected chi connectivity index (χ2v) is 8.78. The third-order valence-corrected chi connectivity index (χ3v) is 5.85. The van der Waals surface area contributed by atoms with Crippen molar-refractivity contribution in [2.24, 2.45) is 0 Å². The lowest BCUT2D eigenvalue weighted by Crippen LogP contribution is -2.40. The van der Waals surface area contributed by atoms with Gasteiger partial charge in [-0.1, -0.05) is 42.8 Å². The van der Waals surface area contributed by atoms with Crippen molar-refractivity contribution < 1.29 is 0 Å². The fraction of sp³-hybridized carbons (Fsp3) is 0.647. The third kappa shape index (κ3) is 4.64. The normalized spacial score (nSPS) is 24.1. The standard InChI is InChI=1S/C17H27BrN2S/c1-5-8-19-14(4)16-7-6-15(9-17(16)18)20-10-12(2)21-13(3)11-20/h6-7,9,12-14,19H,5,8,10-11H2,1-4H3. The Kier molecular flexibility index (Phi) is 6.45. The van der Waals surface area contributed by atoms with Gasteiger partial charge in [-0.25, -0.2) is 0 Å². The number of nitrogens with one attached hydrogen (secondary N) is 1. The lowest BCUT2D eigenvalue weighted by atomic mass is 10.1. The molecule has 0 radical (unpaired) electrons. The van der Waals surface area contributed by atoms with Gasteiger partial charge < -0.3 is 10.2 Å². The van der Waals surface area contributed by atoms with Crippen molar-refractivity contribution in [2.45, 2.75) is 50.7 Å². The first-order valence-corrected chi connectivity index (χ1v) is 9.68. The molecule has 0 bridgehead atoms. The number of anilines is 1. The Morgan fingerprint density at radius 1 is 1.33 bits per heavy atom. The Labute approximate surface area is 142 Å². The van der Waals surface area contributed by atoms with Crippen molar-refractivity contribution in [3.8, 4) is 0 Å². The summed E-state index contributed by atoms with van der Waals surface area (Å²) in [6.45, 7) is 12.4. The Morgan fingerprint density at radius 3 is 2.57 bits per heavy atom. The van der Waals surface area contributed by atoms with E-state index in [0.717, 1.165) is 19.6 Å². The summed E-state index contributed by atoms with van der Waals surface area (Å²) in [4.78, 5) is 2.52. The fourth-order valence-electron chi connectivity index (χ4n) is 2.92. The summed E-state index contributed by atoms with van der Waals surface area (Å²) in [5, 5.41) is 4.97. The zero-order valence-corrected chi connectivity index (χ0v) is 15.9. The van der Waals surface area contributed by atoms with E-state index >= 15 is 0 Å². The van der Waals surface area contributed by atoms with Gasteiger partial charge in [-0.15, -0.1) is 0 Å². The van der Waals surface area contributed by atoms with Crippen molar-refractivity contribution in [3.63, 3.8) is 0 Å². The summed E-state index contributed by atoms with van der Waals surface area (Å²) in [5.41, 5.74) is 2.69. The van der Waals surface area contributed by atoms with Crippen LogP contribution in [0.25, 0.3) is 0 Å². The van der Waals surface area contributed by atoms with Gasteiger partial charge in [0.05, 0.1) is 0 Å². The van der Waals surface area contributed by atoms with Crippen molar-refractivity contribution in [1.82, 2.24) is 5.32 Å². The monoisotopic (exact) mass is 370 g/mol. The summed E-state index contributed by atoms with van der Waals surface area (Å²) in [5.74, 6) is 0. The maximum absolute atomic E-state index is 3.76. The topological polar surface area (TPSA) is 15.3 Å². The average molecular weight is 371 g/mol. The lowest BCUT2D eigenvalue weighted by Gasteiger charge is -2.36. The molecule has 2 rings (SSSR count). The van der Waals surface area contributed by atoms with Gasteiger partial charge in [-0.05, 0) is 37.6 Å². The predicted octanol–water partition coefficient (Wildman–Crippen LogP) is 4.84. The predicted molar refractivity (Wildman–Crippen MR) is 99.6 cm³/mol. The van der Waals surface area contributed by atoms with Crippen LogP contribution in [0, 0.1) is 0 Å². The molecule has 1 heterocycles. The summed E-state index contributed by atoms with van der Waals surface area (Å²) in [6.07, 6.45) is 1.17. The second kappa shape index (κ2) is 7.89. The molecular formula is C17H27BrN2S. The van der Waals surface area contributed by atoms with E-state index in [1.807, 2.05) is 0 Å². The minimum Gasteiger partial charge on any atom is -0.369 e. The zero-order valence-electron chi connectivity index (χ0n) is 13.5. The third-order valence-electron chi connectivity index (χ3n) is 3.94. The molecule has 1 aromatic rings. The molecule has 1 aliphatic heterocycles. The zero-order chi connectivity index (χ0) is 15.4. The van der Waals surface area contributed by atoms with E-state index in [9.17, 15) is 0 Å². The van der Waals surface area contributed by atoms with Gasteiger partial charge in [-0.3, -0.25) is 0 Å². The number of halogens is 1. The number of hydrogen-bond donors (Lipinski definition) is 1. The quantitative estimate of drug-likeness (QED) is 0.797. The molecular weight excluding hydrogens is 344 g/mol. The molecule has 0 spiro atoms. The average Bonchev–Trinajstić information content (AvgIpc) is 2.43. The van der Waals surface area contributed by atoms with Crippen LogP contribution in [0.1, 0.15) is 45.7 Å². The molecule has 3 atom stereocenters. The van der Waals surface area contributed by atoms with Gasteiger partial charge in [0.2, 0.25) is 0 Å². The van der Waals surface area contributed by atoms with Crippen LogP contribution in [0.5, 0.6) is 0 Å². The minimum absolute atomic E-state index is 0.392. The van der Waals surface area contributed by atoms with Crippen LogP contribution in [0.15, 0.2) is 22.7 Å². The molecule has 1 N–H and O–H groups in total. The SMILES string of the molecule is CCCNC(C)c1ccc(N2CC(C)SC(C)C2)cc1Br. The molecule has 1 aromatic carbocycles. The fourth-order valence-corrected chi connectivity index (χ4v) is 4.96. The van der Waals surface area contributed by atoms with Gasteiger partial charge in [0.1, 0.15) is 0 Å². The van der Waals surface area contributed by atoms with Crippen molar-refractivity contribution in [2.75, 3.05) is 24.5 Å². The highest BCUT2D eigenvalue weighted by Crippen LogP contribution is 2.32. The Hall–Kier alpha value is -0.190. The van der Waals surface area contributed by atoms with E-state index in [2.05, 4.69) is 83.8 Å². The highest BCUT2D eigenvalue weighted by Gasteiger charge is 2.23. The molecule has 0 aromatic heterocycles. The summed E-state index contributed by atoms with van der Waals surface area (Å²) in [7, 11) is 0. The smallest absolute Gasteiger partial charge is 0.0378 e. The van der Waals surface area contributed by atoms with Crippen LogP contribution in [-0.2, 0) is 0 Å². The van der Waals surface area contributed by atoms with Crippen LogP contribution >= 0.6 is 27.7 Å². The molecule has 1 saturated heterocycles. The minimum atomic E-state index is 0.392. The molecule has 2 nitrogen and oxygen atoms in total. The van der Waals surface area contributed by atoms with Gasteiger partial charge in [0.15, 0.2) is 0 Å². The van der Waals surface area contributed by atoms with E-state index in [1.165, 1.54) is 22.1 Å². The van der Waals surface area contributed by atoms with Gasteiger partial charge in [0, 0.05) is 39.8 Å². The van der Waals surface area contributed by atoms with Crippen LogP contribution in [0.2, 0.25) is 0 Å². The second-order valence-electron chi connectivity index (χ2n) is 6.04. The summed E-state index contributed by atoms with van der Waals surface area (Å²) in [6, 6.07) is 7.22. The first-order valence-electron chi connectivity index (χ1n) is 7.94. The number of rotatable bonds is 5. The van der Waals surface area contributed by atoms with Crippen molar-refractivity contribution in [3.05, 3.63) is 28.2 Å². The van der Waals surface area contributed by atoms with E-state index in [4.69, 9.17) is 0 Å². The number of thioether (sulfide) groups is 1. The van der Waals surface area contributed by atoms with E-state index in [0.29, 0.717) is 16.5 Å². The molecule has 0 aliphatic carbocycles. The van der Waals surface area contributed by atoms with Crippen LogP contribution in [0.4, 0.5) is 5.69 Å². The molecule has 118 valence electrons. The first-order chi connectivity index (χ1) is 10.0. The Morgan fingerprint density at radius 2 is 2.00 bits per heavy atom. The number of hydrogen-bond acceptors (Lipinski definition) is 3. The van der Waals surface area contributed by atoms with Crippen molar-refractivity contribution in [1.29, 1.82) is 0 Å². The van der Waals surface area contributed by atoms with E-state index < -0.39 is 0 Å². The maximum atomic E-state index is 3.76. The Bertz CT molecular complexity index is 456. The van der Waals surface area contributed by atoms with Crippen LogP contribution in [-0.4, -0.2) is 30.1 Å². The highest BCUT2D eigenvalue weighted by atomic mass is 79.9. The summed E-state index contributed by atoms with van der Waals surface area (Å²) >= 11 is 5.86. The maximum Gasteiger partial charge on any atom is 0.0378 e. The van der Waals surface area contributed by atoms with Crippen molar-refractivity contribution >= 4 is 33.4 Å². The van der Waals surface area contributed by atoms with Crippen LogP contribution in [0.3, 0.4) is 0 Å². The van der Waals surface area contributed by atoms with E-state index in [-0.39, 0.29) is 0 Å². The van der Waals surface area contributed by atoms with Crippen LogP contribution < -0.4 is 10.2 Å². The summed E-state index contributed by atoms with van der Waals surface area (Å²) < 4.78 is 1.22. The van der Waals surface area contributed by atoms with Gasteiger partial charge in [-0.2, -0.15) is 11.8 Å².